The number of anilines is 1. The van der Waals surface area contributed by atoms with E-state index in [0.717, 1.165) is 19.4 Å². The van der Waals surface area contributed by atoms with Crippen molar-refractivity contribution in [2.75, 3.05) is 18.5 Å². The van der Waals surface area contributed by atoms with Crippen LogP contribution in [0.25, 0.3) is 5.69 Å². The number of rotatable bonds is 6. The minimum atomic E-state index is -0.411. The van der Waals surface area contributed by atoms with E-state index in [-0.39, 0.29) is 16.9 Å². The van der Waals surface area contributed by atoms with E-state index >= 15 is 0 Å². The van der Waals surface area contributed by atoms with Crippen LogP contribution in [0.2, 0.25) is 5.02 Å². The SMILES string of the molecule is C[C@H](Nc1cnn(-c2ccc(Oc3ccc(F)cc3)cc2)c(=O)c1Cl)[C@@H]1CCCOC1. The van der Waals surface area contributed by atoms with Crippen LogP contribution in [0.15, 0.2) is 59.5 Å². The van der Waals surface area contributed by atoms with Crippen LogP contribution < -0.4 is 15.6 Å². The smallest absolute Gasteiger partial charge is 0.292 e. The van der Waals surface area contributed by atoms with Gasteiger partial charge in [0.1, 0.15) is 22.3 Å². The maximum atomic E-state index is 13.0. The van der Waals surface area contributed by atoms with Crippen molar-refractivity contribution in [2.24, 2.45) is 5.92 Å². The van der Waals surface area contributed by atoms with Crippen LogP contribution in [0, 0.1) is 11.7 Å². The number of nitrogens with zero attached hydrogens (tertiary/aromatic N) is 2. The molecule has 3 aromatic rings. The highest BCUT2D eigenvalue weighted by Crippen LogP contribution is 2.25. The zero-order chi connectivity index (χ0) is 21.8. The summed E-state index contributed by atoms with van der Waals surface area (Å²) in [7, 11) is 0. The van der Waals surface area contributed by atoms with Crippen molar-refractivity contribution in [3.63, 3.8) is 0 Å². The topological polar surface area (TPSA) is 65.4 Å². The molecule has 1 aliphatic rings. The Morgan fingerprint density at radius 3 is 2.52 bits per heavy atom. The van der Waals surface area contributed by atoms with Gasteiger partial charge in [0.15, 0.2) is 0 Å². The molecule has 0 saturated carbocycles. The predicted molar refractivity (Wildman–Crippen MR) is 118 cm³/mol. The van der Waals surface area contributed by atoms with Crippen LogP contribution in [0.1, 0.15) is 19.8 Å². The van der Waals surface area contributed by atoms with Gasteiger partial charge in [0, 0.05) is 18.6 Å². The Morgan fingerprint density at radius 1 is 1.19 bits per heavy atom. The summed E-state index contributed by atoms with van der Waals surface area (Å²) in [5.41, 5.74) is 0.654. The van der Waals surface area contributed by atoms with E-state index in [2.05, 4.69) is 17.3 Å². The highest BCUT2D eigenvalue weighted by molar-refractivity contribution is 6.33. The number of nitrogens with one attached hydrogen (secondary N) is 1. The third kappa shape index (κ3) is 5.06. The average Bonchev–Trinajstić information content (AvgIpc) is 2.80. The lowest BCUT2D eigenvalue weighted by Gasteiger charge is -2.29. The second-order valence-corrected chi connectivity index (χ2v) is 7.93. The summed E-state index contributed by atoms with van der Waals surface area (Å²) in [6.07, 6.45) is 3.67. The van der Waals surface area contributed by atoms with Crippen LogP contribution in [-0.4, -0.2) is 29.0 Å². The second kappa shape index (κ2) is 9.49. The van der Waals surface area contributed by atoms with E-state index < -0.39 is 5.56 Å². The summed E-state index contributed by atoms with van der Waals surface area (Å²) in [6, 6.07) is 12.7. The molecule has 2 atom stereocenters. The van der Waals surface area contributed by atoms with Crippen molar-refractivity contribution >= 4 is 17.3 Å². The molecule has 0 unspecified atom stereocenters. The normalized spacial score (nSPS) is 17.2. The summed E-state index contributed by atoms with van der Waals surface area (Å²) in [5, 5.41) is 7.67. The Balaban J connectivity index is 1.48. The van der Waals surface area contributed by atoms with E-state index in [0.29, 0.717) is 35.4 Å². The van der Waals surface area contributed by atoms with Gasteiger partial charge in [-0.2, -0.15) is 9.78 Å². The average molecular weight is 444 g/mol. The van der Waals surface area contributed by atoms with E-state index in [1.165, 1.54) is 16.8 Å². The molecule has 4 rings (SSSR count). The fourth-order valence-electron chi connectivity index (χ4n) is 3.53. The minimum absolute atomic E-state index is 0.0882. The Hall–Kier alpha value is -2.90. The highest BCUT2D eigenvalue weighted by atomic mass is 35.5. The molecule has 1 N–H and O–H groups in total. The van der Waals surface area contributed by atoms with Crippen LogP contribution in [0.5, 0.6) is 11.5 Å². The summed E-state index contributed by atoms with van der Waals surface area (Å²) in [5.74, 6) is 1.10. The highest BCUT2D eigenvalue weighted by Gasteiger charge is 2.22. The van der Waals surface area contributed by atoms with E-state index in [1.807, 2.05) is 0 Å². The first-order chi connectivity index (χ1) is 15.0. The molecule has 31 heavy (non-hydrogen) atoms. The molecule has 2 aromatic carbocycles. The lowest BCUT2D eigenvalue weighted by Crippen LogP contribution is -2.33. The fraction of sp³-hybridized carbons (Fsp3) is 0.304. The Bertz CT molecular complexity index is 1080. The van der Waals surface area contributed by atoms with Gasteiger partial charge >= 0.3 is 0 Å². The Kier molecular flexibility index (Phi) is 6.53. The number of hydrogen-bond acceptors (Lipinski definition) is 5. The van der Waals surface area contributed by atoms with Gasteiger partial charge in [-0.1, -0.05) is 11.6 Å². The molecule has 1 aromatic heterocycles. The van der Waals surface area contributed by atoms with Gasteiger partial charge in [-0.25, -0.2) is 4.39 Å². The van der Waals surface area contributed by atoms with Gasteiger partial charge in [0.2, 0.25) is 0 Å². The molecule has 0 amide bonds. The number of ether oxygens (including phenoxy) is 2. The third-order valence-electron chi connectivity index (χ3n) is 5.34. The molecule has 8 heteroatoms. The Labute approximate surface area is 184 Å². The minimum Gasteiger partial charge on any atom is -0.457 e. The molecule has 1 saturated heterocycles. The zero-order valence-electron chi connectivity index (χ0n) is 17.1. The van der Waals surface area contributed by atoms with Crippen molar-refractivity contribution in [3.05, 3.63) is 75.9 Å². The molecule has 0 bridgehead atoms. The molecular formula is C23H23ClFN3O3. The lowest BCUT2D eigenvalue weighted by atomic mass is 9.95. The first kappa shape index (κ1) is 21.3. The van der Waals surface area contributed by atoms with Crippen LogP contribution in [-0.2, 0) is 4.74 Å². The summed E-state index contributed by atoms with van der Waals surface area (Å²) >= 11 is 6.36. The second-order valence-electron chi connectivity index (χ2n) is 7.55. The van der Waals surface area contributed by atoms with Crippen LogP contribution in [0.4, 0.5) is 10.1 Å². The van der Waals surface area contributed by atoms with Crippen molar-refractivity contribution in [1.82, 2.24) is 9.78 Å². The molecule has 2 heterocycles. The van der Waals surface area contributed by atoms with E-state index in [1.54, 1.807) is 42.6 Å². The van der Waals surface area contributed by atoms with Gasteiger partial charge in [0.25, 0.3) is 5.56 Å². The summed E-state index contributed by atoms with van der Waals surface area (Å²) in [4.78, 5) is 12.8. The van der Waals surface area contributed by atoms with Gasteiger partial charge in [0.05, 0.1) is 24.2 Å². The third-order valence-corrected chi connectivity index (χ3v) is 5.70. The molecule has 1 aliphatic heterocycles. The van der Waals surface area contributed by atoms with Gasteiger partial charge < -0.3 is 14.8 Å². The van der Waals surface area contributed by atoms with E-state index in [4.69, 9.17) is 21.1 Å². The quantitative estimate of drug-likeness (QED) is 0.578. The maximum absolute atomic E-state index is 13.0. The van der Waals surface area contributed by atoms with Crippen LogP contribution >= 0.6 is 11.6 Å². The number of hydrogen-bond donors (Lipinski definition) is 1. The molecule has 0 spiro atoms. The Morgan fingerprint density at radius 2 is 1.87 bits per heavy atom. The van der Waals surface area contributed by atoms with Crippen molar-refractivity contribution in [3.8, 4) is 17.2 Å². The fourth-order valence-corrected chi connectivity index (χ4v) is 3.72. The molecule has 0 radical (unpaired) electrons. The van der Waals surface area contributed by atoms with Gasteiger partial charge in [-0.05, 0) is 68.3 Å². The molecule has 1 fully saturated rings. The standard InChI is InChI=1S/C23H23ClFN3O3/c1-15(16-3-2-12-30-14-16)27-21-13-26-28(23(29)22(21)24)18-6-10-20(11-7-18)31-19-8-4-17(25)5-9-19/h4-11,13,15-16,27H,2-3,12,14H2,1H3/t15-,16+/m0/s1. The van der Waals surface area contributed by atoms with Crippen molar-refractivity contribution in [1.29, 1.82) is 0 Å². The van der Waals surface area contributed by atoms with Crippen molar-refractivity contribution in [2.45, 2.75) is 25.8 Å². The largest absolute Gasteiger partial charge is 0.457 e. The van der Waals surface area contributed by atoms with E-state index in [9.17, 15) is 9.18 Å². The van der Waals surface area contributed by atoms with Crippen molar-refractivity contribution < 1.29 is 13.9 Å². The molecular weight excluding hydrogens is 421 g/mol. The van der Waals surface area contributed by atoms with Gasteiger partial charge in [-0.3, -0.25) is 4.79 Å². The maximum Gasteiger partial charge on any atom is 0.292 e. The predicted octanol–water partition coefficient (Wildman–Crippen LogP) is 5.04. The number of benzene rings is 2. The molecule has 6 nitrogen and oxygen atoms in total. The first-order valence-corrected chi connectivity index (χ1v) is 10.5. The number of halogens is 2. The van der Waals surface area contributed by atoms with Crippen LogP contribution in [0.3, 0.4) is 0 Å². The molecule has 0 aliphatic carbocycles. The summed E-state index contributed by atoms with van der Waals surface area (Å²) in [6.45, 7) is 3.55. The monoisotopic (exact) mass is 443 g/mol. The number of aromatic nitrogens is 2. The zero-order valence-corrected chi connectivity index (χ0v) is 17.8. The lowest BCUT2D eigenvalue weighted by molar-refractivity contribution is 0.0496. The van der Waals surface area contributed by atoms with Gasteiger partial charge in [-0.15, -0.1) is 0 Å². The summed E-state index contributed by atoms with van der Waals surface area (Å²) < 4.78 is 25.5. The first-order valence-electron chi connectivity index (χ1n) is 10.2. The molecule has 162 valence electrons.